The Morgan fingerprint density at radius 1 is 1.59 bits per heavy atom. The number of aryl methyl sites for hydroxylation is 1. The van der Waals surface area contributed by atoms with Crippen LogP contribution in [0.2, 0.25) is 0 Å². The highest BCUT2D eigenvalue weighted by atomic mass is 127. The summed E-state index contributed by atoms with van der Waals surface area (Å²) in [5, 5.41) is 2.76. The van der Waals surface area contributed by atoms with Crippen molar-refractivity contribution in [2.75, 3.05) is 6.54 Å². The number of amides is 1. The summed E-state index contributed by atoms with van der Waals surface area (Å²) in [5.74, 6) is 0.231. The fourth-order valence-corrected chi connectivity index (χ4v) is 1.64. The topological polar surface area (TPSA) is 64.0 Å². The van der Waals surface area contributed by atoms with Crippen molar-refractivity contribution in [1.82, 2.24) is 14.9 Å². The first-order chi connectivity index (χ1) is 7.91. The smallest absolute Gasteiger partial charge is 0.267 e. The third-order valence-corrected chi connectivity index (χ3v) is 3.42. The van der Waals surface area contributed by atoms with Gasteiger partial charge in [0.2, 0.25) is 5.91 Å². The van der Waals surface area contributed by atoms with Crippen LogP contribution in [0.4, 0.5) is 0 Å². The zero-order valence-electron chi connectivity index (χ0n) is 10.2. The maximum absolute atomic E-state index is 11.8. The molecule has 0 radical (unpaired) electrons. The fourth-order valence-electron chi connectivity index (χ4n) is 1.19. The van der Waals surface area contributed by atoms with Gasteiger partial charge in [0.1, 0.15) is 6.54 Å². The number of carbonyl (C=O) groups excluding carboxylic acids is 1. The highest BCUT2D eigenvalue weighted by molar-refractivity contribution is 14.1. The van der Waals surface area contributed by atoms with Crippen molar-refractivity contribution < 1.29 is 4.79 Å². The Morgan fingerprint density at radius 2 is 2.24 bits per heavy atom. The number of halogens is 1. The zero-order valence-corrected chi connectivity index (χ0v) is 12.3. The van der Waals surface area contributed by atoms with E-state index in [1.54, 1.807) is 6.92 Å². The van der Waals surface area contributed by atoms with Gasteiger partial charge in [-0.2, -0.15) is 0 Å². The molecular weight excluding hydrogens is 333 g/mol. The minimum atomic E-state index is -0.169. The first kappa shape index (κ1) is 14.1. The number of nitrogens with one attached hydrogen (secondary N) is 1. The lowest BCUT2D eigenvalue weighted by Crippen LogP contribution is -2.35. The van der Waals surface area contributed by atoms with E-state index in [-0.39, 0.29) is 18.0 Å². The molecule has 6 heteroatoms. The van der Waals surface area contributed by atoms with Gasteiger partial charge >= 0.3 is 0 Å². The van der Waals surface area contributed by atoms with Crippen LogP contribution in [0.5, 0.6) is 0 Å². The van der Waals surface area contributed by atoms with E-state index in [9.17, 15) is 9.59 Å². The van der Waals surface area contributed by atoms with E-state index in [1.807, 2.05) is 36.4 Å². The van der Waals surface area contributed by atoms with E-state index in [0.717, 1.165) is 0 Å². The van der Waals surface area contributed by atoms with Crippen molar-refractivity contribution in [2.45, 2.75) is 27.3 Å². The third kappa shape index (κ3) is 4.10. The van der Waals surface area contributed by atoms with Gasteiger partial charge in [0.15, 0.2) is 0 Å². The van der Waals surface area contributed by atoms with Gasteiger partial charge in [-0.05, 0) is 35.4 Å². The molecule has 0 bridgehead atoms. The molecule has 17 heavy (non-hydrogen) atoms. The number of hydrogen-bond acceptors (Lipinski definition) is 3. The van der Waals surface area contributed by atoms with Crippen LogP contribution in [-0.4, -0.2) is 22.0 Å². The lowest BCUT2D eigenvalue weighted by molar-refractivity contribution is -0.121. The van der Waals surface area contributed by atoms with Crippen LogP contribution in [0.25, 0.3) is 0 Å². The molecule has 0 aliphatic carbocycles. The Balaban J connectivity index is 2.73. The van der Waals surface area contributed by atoms with Gasteiger partial charge < -0.3 is 5.32 Å². The molecule has 1 N–H and O–H groups in total. The van der Waals surface area contributed by atoms with E-state index in [2.05, 4.69) is 10.3 Å². The standard InChI is InChI=1S/C11H16IN3O2/c1-7(2)4-13-9(16)5-15-6-14-8(3)10(12)11(15)17/h6-7H,4-5H2,1-3H3,(H,13,16). The summed E-state index contributed by atoms with van der Waals surface area (Å²) < 4.78 is 1.88. The van der Waals surface area contributed by atoms with Crippen LogP contribution in [0.3, 0.4) is 0 Å². The Kier molecular flexibility index (Phi) is 5.10. The molecule has 1 aromatic heterocycles. The van der Waals surface area contributed by atoms with Crippen LogP contribution < -0.4 is 10.9 Å². The molecule has 0 spiro atoms. The van der Waals surface area contributed by atoms with Crippen LogP contribution in [0, 0.1) is 16.4 Å². The number of nitrogens with zero attached hydrogens (tertiary/aromatic N) is 2. The van der Waals surface area contributed by atoms with Gasteiger partial charge in [0.05, 0.1) is 15.6 Å². The minimum absolute atomic E-state index is 0.0227. The Morgan fingerprint density at radius 3 is 2.82 bits per heavy atom. The zero-order chi connectivity index (χ0) is 13.0. The van der Waals surface area contributed by atoms with Gasteiger partial charge in [-0.15, -0.1) is 0 Å². The van der Waals surface area contributed by atoms with Gasteiger partial charge in [0.25, 0.3) is 5.56 Å². The minimum Gasteiger partial charge on any atom is -0.354 e. The lowest BCUT2D eigenvalue weighted by Gasteiger charge is -2.09. The van der Waals surface area contributed by atoms with E-state index in [4.69, 9.17) is 0 Å². The molecule has 5 nitrogen and oxygen atoms in total. The molecule has 0 aliphatic heterocycles. The highest BCUT2D eigenvalue weighted by Gasteiger charge is 2.09. The largest absolute Gasteiger partial charge is 0.354 e. The molecule has 0 unspecified atom stereocenters. The number of aromatic nitrogens is 2. The second-order valence-corrected chi connectivity index (χ2v) is 5.35. The molecule has 0 saturated heterocycles. The van der Waals surface area contributed by atoms with Crippen molar-refractivity contribution >= 4 is 28.5 Å². The number of carbonyl (C=O) groups is 1. The van der Waals surface area contributed by atoms with Crippen LogP contribution in [0.15, 0.2) is 11.1 Å². The van der Waals surface area contributed by atoms with Crippen LogP contribution >= 0.6 is 22.6 Å². The van der Waals surface area contributed by atoms with Crippen molar-refractivity contribution in [3.05, 3.63) is 25.9 Å². The van der Waals surface area contributed by atoms with Crippen LogP contribution in [0.1, 0.15) is 19.5 Å². The maximum atomic E-state index is 11.8. The first-order valence-electron chi connectivity index (χ1n) is 5.40. The highest BCUT2D eigenvalue weighted by Crippen LogP contribution is 2.01. The average Bonchev–Trinajstić information content (AvgIpc) is 2.27. The van der Waals surface area contributed by atoms with Crippen molar-refractivity contribution in [2.24, 2.45) is 5.92 Å². The van der Waals surface area contributed by atoms with E-state index < -0.39 is 0 Å². The fraction of sp³-hybridized carbons (Fsp3) is 0.545. The second kappa shape index (κ2) is 6.13. The quantitative estimate of drug-likeness (QED) is 0.823. The molecule has 1 aromatic rings. The predicted molar refractivity (Wildman–Crippen MR) is 73.8 cm³/mol. The summed E-state index contributed by atoms with van der Waals surface area (Å²) in [6.45, 7) is 6.44. The molecule has 94 valence electrons. The van der Waals surface area contributed by atoms with Crippen molar-refractivity contribution in [3.8, 4) is 0 Å². The van der Waals surface area contributed by atoms with E-state index in [1.165, 1.54) is 10.9 Å². The monoisotopic (exact) mass is 349 g/mol. The third-order valence-electron chi connectivity index (χ3n) is 2.18. The van der Waals surface area contributed by atoms with E-state index in [0.29, 0.717) is 21.7 Å². The summed E-state index contributed by atoms with van der Waals surface area (Å²) in [6.07, 6.45) is 1.41. The molecule has 1 rings (SSSR count). The summed E-state index contributed by atoms with van der Waals surface area (Å²) in [4.78, 5) is 27.4. The Labute approximate surface area is 114 Å². The lowest BCUT2D eigenvalue weighted by atomic mass is 10.2. The Hall–Kier alpha value is -0.920. The van der Waals surface area contributed by atoms with Gasteiger partial charge in [-0.3, -0.25) is 14.2 Å². The summed E-state index contributed by atoms with van der Waals surface area (Å²) >= 11 is 1.95. The van der Waals surface area contributed by atoms with Gasteiger partial charge in [0, 0.05) is 6.54 Å². The second-order valence-electron chi connectivity index (χ2n) is 4.27. The molecule has 0 aromatic carbocycles. The molecule has 0 atom stereocenters. The van der Waals surface area contributed by atoms with Crippen molar-refractivity contribution in [1.29, 1.82) is 0 Å². The molecule has 1 amide bonds. The van der Waals surface area contributed by atoms with Crippen LogP contribution in [-0.2, 0) is 11.3 Å². The maximum Gasteiger partial charge on any atom is 0.267 e. The molecule has 0 fully saturated rings. The molecular formula is C11H16IN3O2. The average molecular weight is 349 g/mol. The Bertz CT molecular complexity index is 468. The SMILES string of the molecule is Cc1ncn(CC(=O)NCC(C)C)c(=O)c1I. The predicted octanol–water partition coefficient (Wildman–Crippen LogP) is 0.929. The number of hydrogen-bond donors (Lipinski definition) is 1. The van der Waals surface area contributed by atoms with E-state index >= 15 is 0 Å². The summed E-state index contributed by atoms with van der Waals surface area (Å²) in [6, 6.07) is 0. The number of rotatable bonds is 4. The molecule has 0 aliphatic rings. The molecule has 0 saturated carbocycles. The molecule has 1 heterocycles. The van der Waals surface area contributed by atoms with Gasteiger partial charge in [-0.1, -0.05) is 13.8 Å². The first-order valence-corrected chi connectivity index (χ1v) is 6.48. The van der Waals surface area contributed by atoms with Crippen molar-refractivity contribution in [3.63, 3.8) is 0 Å². The summed E-state index contributed by atoms with van der Waals surface area (Å²) in [7, 11) is 0. The summed E-state index contributed by atoms with van der Waals surface area (Å²) in [5.41, 5.74) is 0.521. The normalized spacial score (nSPS) is 10.6. The van der Waals surface area contributed by atoms with Gasteiger partial charge in [-0.25, -0.2) is 4.98 Å².